The normalized spacial score (nSPS) is 17.8. The molecule has 1 aromatic heterocycles. The van der Waals surface area contributed by atoms with Gasteiger partial charge >= 0.3 is 0 Å². The number of amides is 2. The second-order valence-corrected chi connectivity index (χ2v) is 18.7. The van der Waals surface area contributed by atoms with Crippen LogP contribution in [0.3, 0.4) is 0 Å². The topological polar surface area (TPSA) is 110 Å². The number of fused-ring (bicyclic) bond motifs is 3. The Kier molecular flexibility index (Phi) is 19.1. The van der Waals surface area contributed by atoms with Crippen molar-refractivity contribution < 1.29 is 28.6 Å². The Morgan fingerprint density at radius 1 is 0.905 bits per heavy atom. The lowest BCUT2D eigenvalue weighted by Gasteiger charge is -2.34. The number of likely N-dealkylation sites (tertiary alicyclic amines) is 1. The summed E-state index contributed by atoms with van der Waals surface area (Å²) in [5, 5.41) is 16.3. The number of ether oxygens (including phenoxy) is 2. The van der Waals surface area contributed by atoms with Crippen molar-refractivity contribution in [3.05, 3.63) is 83.5 Å². The number of allylic oxidation sites excluding steroid dienone is 2. The number of unbranched alkanes of at least 4 members (excludes halogenated alkanes) is 11. The molecule has 11 heteroatoms. The molecule has 0 bridgehead atoms. The maximum atomic E-state index is 14.5. The van der Waals surface area contributed by atoms with E-state index in [-0.39, 0.29) is 23.7 Å². The molecule has 2 saturated heterocycles. The number of nitrogens with one attached hydrogen (secondary N) is 2. The summed E-state index contributed by atoms with van der Waals surface area (Å²) in [6.07, 6.45) is 24.3. The lowest BCUT2D eigenvalue weighted by atomic mass is 9.81. The van der Waals surface area contributed by atoms with Crippen molar-refractivity contribution in [1.82, 2.24) is 25.0 Å². The van der Waals surface area contributed by atoms with Crippen LogP contribution in [0.1, 0.15) is 152 Å². The van der Waals surface area contributed by atoms with Gasteiger partial charge in [-0.3, -0.25) is 19.8 Å². The van der Waals surface area contributed by atoms with Crippen molar-refractivity contribution in [2.45, 2.75) is 148 Å². The Bertz CT molecular complexity index is 1930. The average Bonchev–Trinajstić information content (AvgIpc) is 3.62. The molecule has 3 N–H and O–H groups in total. The zero-order valence-corrected chi connectivity index (χ0v) is 38.6. The van der Waals surface area contributed by atoms with Gasteiger partial charge in [-0.1, -0.05) is 84.3 Å². The molecule has 346 valence electrons. The molecule has 63 heavy (non-hydrogen) atoms. The van der Waals surface area contributed by atoms with Crippen LogP contribution in [0.2, 0.25) is 0 Å². The van der Waals surface area contributed by atoms with Gasteiger partial charge in [0, 0.05) is 85.4 Å². The quantitative estimate of drug-likeness (QED) is 0.0467. The van der Waals surface area contributed by atoms with Gasteiger partial charge in [-0.15, -0.1) is 0 Å². The van der Waals surface area contributed by atoms with Crippen molar-refractivity contribution >= 4 is 28.3 Å². The Labute approximate surface area is 376 Å². The van der Waals surface area contributed by atoms with Crippen LogP contribution in [0.4, 0.5) is 4.39 Å². The van der Waals surface area contributed by atoms with Gasteiger partial charge in [0.2, 0.25) is 5.91 Å². The first-order chi connectivity index (χ1) is 30.6. The van der Waals surface area contributed by atoms with Crippen molar-refractivity contribution in [2.24, 2.45) is 0 Å². The average molecular weight is 870 g/mol. The number of halogens is 1. The maximum Gasteiger partial charge on any atom is 0.257 e. The molecule has 3 aliphatic rings. The number of hydrogen-bond acceptors (Lipinski definition) is 7. The van der Waals surface area contributed by atoms with E-state index in [1.165, 1.54) is 76.3 Å². The minimum atomic E-state index is -1.12. The van der Waals surface area contributed by atoms with E-state index in [1.807, 2.05) is 17.0 Å². The molecule has 2 amide bonds. The summed E-state index contributed by atoms with van der Waals surface area (Å²) in [4.78, 5) is 36.9. The molecule has 3 aromatic rings. The van der Waals surface area contributed by atoms with E-state index in [2.05, 4.69) is 48.1 Å². The third kappa shape index (κ3) is 14.5. The third-order valence-electron chi connectivity index (χ3n) is 13.1. The number of morpholine rings is 1. The molecule has 10 nitrogen and oxygen atoms in total. The van der Waals surface area contributed by atoms with Gasteiger partial charge in [0.25, 0.3) is 5.91 Å². The number of aromatic nitrogens is 1. The minimum absolute atomic E-state index is 0.0307. The van der Waals surface area contributed by atoms with Gasteiger partial charge in [-0.05, 0) is 99.4 Å². The first kappa shape index (κ1) is 48.4. The van der Waals surface area contributed by atoms with Crippen LogP contribution < -0.4 is 10.1 Å². The zero-order chi connectivity index (χ0) is 44.4. The summed E-state index contributed by atoms with van der Waals surface area (Å²) in [6, 6.07) is 12.0. The van der Waals surface area contributed by atoms with E-state index in [1.54, 1.807) is 29.3 Å². The van der Waals surface area contributed by atoms with E-state index in [4.69, 9.17) is 9.47 Å². The van der Waals surface area contributed by atoms with Crippen LogP contribution in [0.25, 0.3) is 16.5 Å². The predicted octanol–water partition coefficient (Wildman–Crippen LogP) is 10.1. The number of aliphatic hydroxyl groups is 1. The van der Waals surface area contributed by atoms with Crippen LogP contribution in [-0.4, -0.2) is 108 Å². The fraction of sp³-hybridized carbons (Fsp3) is 0.615. The molecule has 1 atom stereocenters. The van der Waals surface area contributed by atoms with Crippen molar-refractivity contribution in [3.8, 4) is 5.75 Å². The van der Waals surface area contributed by atoms with Crippen LogP contribution >= 0.6 is 0 Å². The van der Waals surface area contributed by atoms with E-state index >= 15 is 0 Å². The molecule has 0 aliphatic carbocycles. The number of benzene rings is 2. The molecule has 0 radical (unpaired) electrons. The van der Waals surface area contributed by atoms with E-state index < -0.39 is 11.6 Å². The predicted molar refractivity (Wildman–Crippen MR) is 252 cm³/mol. The van der Waals surface area contributed by atoms with E-state index in [9.17, 15) is 19.1 Å². The highest BCUT2D eigenvalue weighted by molar-refractivity contribution is 5.97. The van der Waals surface area contributed by atoms with Crippen molar-refractivity contribution in [1.29, 1.82) is 0 Å². The number of piperidine rings is 1. The number of hydrogen-bond donors (Lipinski definition) is 3. The van der Waals surface area contributed by atoms with Gasteiger partial charge in [-0.2, -0.15) is 0 Å². The van der Waals surface area contributed by atoms with Crippen molar-refractivity contribution in [2.75, 3.05) is 59.1 Å². The first-order valence-electron chi connectivity index (χ1n) is 24.4. The highest BCUT2D eigenvalue weighted by Gasteiger charge is 2.38. The second-order valence-electron chi connectivity index (χ2n) is 18.7. The smallest absolute Gasteiger partial charge is 0.257 e. The highest BCUT2D eigenvalue weighted by atomic mass is 19.1. The highest BCUT2D eigenvalue weighted by Crippen LogP contribution is 2.41. The van der Waals surface area contributed by atoms with Gasteiger partial charge in [-0.25, -0.2) is 4.39 Å². The SMILES string of the molecule is CCCCCCCCC=CCCCCCCCC(=O)N1CCC(NC(O)C2=CN(C(=O)c3ccc(OCCCN4CCOCC4)cc3)CC(C)(C)c3c2[nH]c2cc(F)ccc32)CC1. The standard InChI is InChI=1S/C52H76FN5O5/c1-4-5-6-7-8-9-10-11-12-13-14-15-16-17-18-20-47(59)57-30-27-42(28-31-57)54-50(60)45-38-58(39-52(2,3)48-44-26-23-41(53)37-46(44)55-49(45)48)51(61)40-21-24-43(25-22-40)63-34-19-29-56-32-35-62-36-33-56/h11-12,21-26,37-38,42,50,54-55,60H,4-10,13-20,27-36,39H2,1-3H3. The number of carbonyl (C=O) groups excluding carboxylic acids is 2. The van der Waals surface area contributed by atoms with E-state index in [0.717, 1.165) is 69.5 Å². The van der Waals surface area contributed by atoms with Crippen molar-refractivity contribution in [3.63, 3.8) is 0 Å². The fourth-order valence-electron chi connectivity index (χ4n) is 9.49. The van der Waals surface area contributed by atoms with E-state index in [0.29, 0.717) is 73.6 Å². The minimum Gasteiger partial charge on any atom is -0.494 e. The number of aliphatic hydroxyl groups excluding tert-OH is 1. The van der Waals surface area contributed by atoms with Crippen LogP contribution in [-0.2, 0) is 14.9 Å². The summed E-state index contributed by atoms with van der Waals surface area (Å²) in [5.41, 5.74) is 2.73. The maximum absolute atomic E-state index is 14.5. The molecule has 4 heterocycles. The molecule has 3 aliphatic heterocycles. The number of H-pyrrole nitrogens is 1. The number of nitrogens with zero attached hydrogens (tertiary/aromatic N) is 3. The summed E-state index contributed by atoms with van der Waals surface area (Å²) < 4.78 is 26.0. The Morgan fingerprint density at radius 2 is 1.57 bits per heavy atom. The Morgan fingerprint density at radius 3 is 2.27 bits per heavy atom. The third-order valence-corrected chi connectivity index (χ3v) is 13.1. The lowest BCUT2D eigenvalue weighted by Crippen LogP contribution is -2.48. The summed E-state index contributed by atoms with van der Waals surface area (Å²) in [7, 11) is 0. The molecule has 2 aromatic carbocycles. The van der Waals surface area contributed by atoms with Crippen LogP contribution in [0, 0.1) is 5.82 Å². The van der Waals surface area contributed by atoms with Gasteiger partial charge in [0.05, 0.1) is 25.5 Å². The fourth-order valence-corrected chi connectivity index (χ4v) is 9.49. The number of rotatable bonds is 24. The zero-order valence-electron chi connectivity index (χ0n) is 38.6. The molecule has 2 fully saturated rings. The molecule has 0 spiro atoms. The molecule has 0 saturated carbocycles. The summed E-state index contributed by atoms with van der Waals surface area (Å²) >= 11 is 0. The van der Waals surface area contributed by atoms with Crippen LogP contribution in [0.15, 0.2) is 60.8 Å². The molecule has 1 unspecified atom stereocenters. The molecular formula is C52H76FN5O5. The van der Waals surface area contributed by atoms with Gasteiger partial charge < -0.3 is 29.4 Å². The Hall–Kier alpha value is -4.03. The first-order valence-corrected chi connectivity index (χ1v) is 24.4. The number of aromatic amines is 1. The number of carbonyl (C=O) groups is 2. The van der Waals surface area contributed by atoms with Gasteiger partial charge in [0.15, 0.2) is 0 Å². The largest absolute Gasteiger partial charge is 0.494 e. The Balaban J connectivity index is 0.994. The van der Waals surface area contributed by atoms with Crippen LogP contribution in [0.5, 0.6) is 5.75 Å². The molecule has 6 rings (SSSR count). The summed E-state index contributed by atoms with van der Waals surface area (Å²) in [6.45, 7) is 13.0. The molecular weight excluding hydrogens is 794 g/mol. The summed E-state index contributed by atoms with van der Waals surface area (Å²) in [5.74, 6) is 0.392. The van der Waals surface area contributed by atoms with Gasteiger partial charge in [0.1, 0.15) is 17.8 Å². The second kappa shape index (κ2) is 24.9. The lowest BCUT2D eigenvalue weighted by molar-refractivity contribution is -0.132. The monoisotopic (exact) mass is 870 g/mol.